The third-order valence-corrected chi connectivity index (χ3v) is 19.8. The molecule has 100 heavy (non-hydrogen) atoms. The van der Waals surface area contributed by atoms with E-state index in [1.807, 2.05) is 38.1 Å². The van der Waals surface area contributed by atoms with E-state index in [4.69, 9.17) is 5.73 Å². The number of aromatic hydroxyl groups is 1. The molecule has 8 atom stereocenters. The zero-order valence-electron chi connectivity index (χ0n) is 54.7. The van der Waals surface area contributed by atoms with Gasteiger partial charge in [0, 0.05) is 102 Å². The molecule has 31 heteroatoms. The van der Waals surface area contributed by atoms with Crippen molar-refractivity contribution in [2.75, 3.05) is 18.1 Å². The number of phenolic OH excluding ortho intramolecular Hbond substituents is 1. The number of H-pyrrole nitrogens is 4. The molecule has 8 aromatic rings. The number of phenols is 1. The van der Waals surface area contributed by atoms with E-state index in [-0.39, 0.29) is 83.7 Å². The average molecular weight is 1410 g/mol. The summed E-state index contributed by atoms with van der Waals surface area (Å²) >= 11 is 2.87. The molecule has 1 fully saturated rings. The van der Waals surface area contributed by atoms with E-state index in [2.05, 4.69) is 67.1 Å². The van der Waals surface area contributed by atoms with Gasteiger partial charge in [-0.2, -0.15) is 23.5 Å². The first kappa shape index (κ1) is 72.2. The maximum absolute atomic E-state index is 15.2. The number of nitrogens with two attached hydrogens (primary N) is 1. The number of thioether (sulfide) groups is 2. The predicted molar refractivity (Wildman–Crippen MR) is 367 cm³/mol. The van der Waals surface area contributed by atoms with E-state index in [0.717, 1.165) is 11.1 Å². The van der Waals surface area contributed by atoms with Crippen LogP contribution in [0.2, 0.25) is 0 Å². The van der Waals surface area contributed by atoms with Crippen LogP contribution < -0.4 is 43.0 Å². The second-order valence-corrected chi connectivity index (χ2v) is 27.5. The molecule has 0 aliphatic carbocycles. The Hall–Kier alpha value is -10.6. The standard InChI is InChI=1S/C69H77F2N15O12S2/c1-36(2)59-61-76-31-55(78-61)66(96)80-51(23-41-29-75-49-15-11-43(71)25-47(41)49)62(92)79-50(22-40-28-74-48-14-10-42(70)24-46(40)48)63(93)82-53(27-58(89)90)65(95)81-52(26-44-30-73-35-77-44)64(94)83-54(21-37-8-12-45(87)13-9-37)67(97)86-18-5-17-69(86,3)68(98)84-56(60(72)91)34-100-33-39-7-4-6-38(20-39)32-99-19-16-57(88)85-59/h4,6-15,20,24-25,28-31,35-36,50-54,56,59,74-75,87H,5,16-19,21-23,26-27,32-34H2,1-3H3,(H2,72,91)(H,73,77)(H,76,78)(H,79,92)(H,80,96)(H,81,95)(H,82,93)(H,83,94)(H,84,98)(H,85,88)(H,89,90)/t50-,51-,52-,53-,54-,56-,59?,69-/m0/s1. The average Bonchev–Trinajstić information content (AvgIpc) is 1.58. The molecule has 4 aromatic carbocycles. The number of rotatable bonds is 12. The fraction of sp³-hybridized carbons (Fsp3) is 0.362. The Bertz CT molecular complexity index is 4340. The fourth-order valence-electron chi connectivity index (χ4n) is 12.2. The summed E-state index contributed by atoms with van der Waals surface area (Å²) in [5.74, 6) is -9.43. The van der Waals surface area contributed by atoms with Crippen LogP contribution in [0.4, 0.5) is 8.78 Å². The van der Waals surface area contributed by atoms with E-state index in [1.54, 1.807) is 0 Å². The van der Waals surface area contributed by atoms with Crippen LogP contribution in [-0.4, -0.2) is 164 Å². The Kier molecular flexibility index (Phi) is 23.4. The highest BCUT2D eigenvalue weighted by Crippen LogP contribution is 2.32. The molecular weight excluding hydrogens is 1330 g/mol. The number of aromatic amines is 4. The van der Waals surface area contributed by atoms with Gasteiger partial charge in [-0.05, 0) is 102 Å². The number of benzene rings is 4. The number of imidazole rings is 2. The zero-order valence-corrected chi connectivity index (χ0v) is 56.4. The minimum Gasteiger partial charge on any atom is -0.508 e. The number of nitrogens with one attached hydrogen (secondary N) is 11. The number of carboxylic acids is 1. The lowest BCUT2D eigenvalue weighted by atomic mass is 9.95. The number of primary amides is 1. The van der Waals surface area contributed by atoms with Crippen molar-refractivity contribution in [3.8, 4) is 5.75 Å². The second-order valence-electron chi connectivity index (χ2n) is 25.3. The largest absolute Gasteiger partial charge is 0.508 e. The van der Waals surface area contributed by atoms with Gasteiger partial charge in [0.15, 0.2) is 0 Å². The second kappa shape index (κ2) is 32.4. The van der Waals surface area contributed by atoms with Gasteiger partial charge in [-0.15, -0.1) is 0 Å². The quantitative estimate of drug-likeness (QED) is 0.0811. The Morgan fingerprint density at radius 2 is 1.28 bits per heavy atom. The molecule has 0 spiro atoms. The summed E-state index contributed by atoms with van der Waals surface area (Å²) < 4.78 is 29.9. The van der Waals surface area contributed by atoms with Gasteiger partial charge in [0.2, 0.25) is 47.3 Å². The van der Waals surface area contributed by atoms with Crippen LogP contribution in [0.3, 0.4) is 0 Å². The van der Waals surface area contributed by atoms with Crippen molar-refractivity contribution in [2.45, 2.75) is 131 Å². The first-order chi connectivity index (χ1) is 47.9. The van der Waals surface area contributed by atoms with Gasteiger partial charge in [0.25, 0.3) is 5.91 Å². The van der Waals surface area contributed by atoms with E-state index < -0.39 is 132 Å². The molecule has 1 unspecified atom stereocenters. The maximum Gasteiger partial charge on any atom is 0.305 e. The highest BCUT2D eigenvalue weighted by molar-refractivity contribution is 7.98. The van der Waals surface area contributed by atoms with E-state index in [9.17, 15) is 47.8 Å². The van der Waals surface area contributed by atoms with Gasteiger partial charge in [-0.3, -0.25) is 47.9 Å². The molecule has 10 rings (SSSR count). The number of carboxylic acid groups (broad SMARTS) is 1. The molecule has 1 saturated heterocycles. The Labute approximate surface area is 580 Å². The molecule has 0 saturated carbocycles. The highest BCUT2D eigenvalue weighted by Gasteiger charge is 2.49. The molecule has 4 aromatic heterocycles. The SMILES string of the molecule is CC(C)C1NC(=O)CCSCc2cccc(c2)CSC[C@@H](C(N)=O)NC(=O)[C@]2(C)CCCN2C(=O)[C@H](Cc2ccc(O)cc2)NC(=O)[C@H](Cc2c[nH]cn2)NC(=O)[C@H](CC(=O)O)NC(=O)[C@H](Cc2c[nH]c3ccc(F)cc23)NC(=O)[C@H](Cc2c[nH]c3ccc(F)cc23)NC(=O)c2cnc1[nH]2. The molecule has 2 aliphatic heterocycles. The molecule has 4 bridgehead atoms. The van der Waals surface area contributed by atoms with Crippen LogP contribution in [0.5, 0.6) is 5.75 Å². The van der Waals surface area contributed by atoms with Crippen LogP contribution in [0.25, 0.3) is 21.8 Å². The van der Waals surface area contributed by atoms with Crippen molar-refractivity contribution in [3.63, 3.8) is 0 Å². The monoisotopic (exact) mass is 1410 g/mol. The summed E-state index contributed by atoms with van der Waals surface area (Å²) in [6.45, 7) is 5.25. The Morgan fingerprint density at radius 1 is 0.690 bits per heavy atom. The van der Waals surface area contributed by atoms with E-state index in [1.165, 1.54) is 127 Å². The molecule has 2 aliphatic rings. The molecule has 526 valence electrons. The van der Waals surface area contributed by atoms with Gasteiger partial charge in [0.05, 0.1) is 30.7 Å². The lowest BCUT2D eigenvalue weighted by Gasteiger charge is -2.37. The third kappa shape index (κ3) is 18.2. The molecule has 15 N–H and O–H groups in total. The minimum atomic E-state index is -2.03. The van der Waals surface area contributed by atoms with Crippen LogP contribution in [0.15, 0.2) is 116 Å². The first-order valence-electron chi connectivity index (χ1n) is 32.4. The number of aliphatic carboxylic acids is 1. The summed E-state index contributed by atoms with van der Waals surface area (Å²) in [6.07, 6.45) is 4.93. The summed E-state index contributed by atoms with van der Waals surface area (Å²) in [4.78, 5) is 166. The van der Waals surface area contributed by atoms with Crippen LogP contribution in [0, 0.1) is 17.6 Å². The van der Waals surface area contributed by atoms with Crippen LogP contribution >= 0.6 is 23.5 Å². The summed E-state index contributed by atoms with van der Waals surface area (Å²) in [5, 5.41) is 40.1. The first-order valence-corrected chi connectivity index (χ1v) is 34.7. The topological polar surface area (TPSA) is 414 Å². The maximum atomic E-state index is 15.2. The number of hydrogen-bond donors (Lipinski definition) is 14. The summed E-state index contributed by atoms with van der Waals surface area (Å²) in [5.41, 5.74) is 8.20. The highest BCUT2D eigenvalue weighted by atomic mass is 32.2. The van der Waals surface area contributed by atoms with Crippen molar-refractivity contribution in [1.29, 1.82) is 0 Å². The predicted octanol–water partition coefficient (Wildman–Crippen LogP) is 4.30. The number of nitrogens with zero attached hydrogens (tertiary/aromatic N) is 3. The van der Waals surface area contributed by atoms with Crippen molar-refractivity contribution in [3.05, 3.63) is 173 Å². The van der Waals surface area contributed by atoms with Crippen molar-refractivity contribution >= 4 is 104 Å². The van der Waals surface area contributed by atoms with Crippen molar-refractivity contribution < 1.29 is 66.9 Å². The molecule has 9 amide bonds. The number of aromatic nitrogens is 6. The zero-order chi connectivity index (χ0) is 71.4. The number of halogens is 2. The number of amides is 9. The van der Waals surface area contributed by atoms with Crippen molar-refractivity contribution in [2.24, 2.45) is 11.7 Å². The lowest BCUT2D eigenvalue weighted by Crippen LogP contribution is -2.63. The summed E-state index contributed by atoms with van der Waals surface area (Å²) in [7, 11) is 0. The Balaban J connectivity index is 1.00. The number of hydrogen-bond acceptors (Lipinski definition) is 15. The van der Waals surface area contributed by atoms with Gasteiger partial charge in [-0.25, -0.2) is 18.7 Å². The summed E-state index contributed by atoms with van der Waals surface area (Å²) in [6, 6.07) is 10.8. The van der Waals surface area contributed by atoms with Crippen LogP contribution in [-0.2, 0) is 80.3 Å². The lowest BCUT2D eigenvalue weighted by molar-refractivity contribution is -0.147. The van der Waals surface area contributed by atoms with Gasteiger partial charge >= 0.3 is 5.97 Å². The molecule has 6 heterocycles. The van der Waals surface area contributed by atoms with Crippen LogP contribution in [0.1, 0.15) is 102 Å². The molecular formula is C69H77F2N15O12S2. The minimum absolute atomic E-state index is 0.0241. The fourth-order valence-corrected chi connectivity index (χ4v) is 14.1. The van der Waals surface area contributed by atoms with Gasteiger partial charge < -0.3 is 78.0 Å². The smallest absolute Gasteiger partial charge is 0.305 e. The number of carbonyl (C=O) groups excluding carboxylic acids is 9. The third-order valence-electron chi connectivity index (χ3n) is 17.6. The normalized spacial score (nSPS) is 22.6. The van der Waals surface area contributed by atoms with E-state index in [0.29, 0.717) is 51.2 Å². The number of carbonyl (C=O) groups is 10. The van der Waals surface area contributed by atoms with Gasteiger partial charge in [-0.1, -0.05) is 50.2 Å². The number of fused-ring (bicyclic) bond motifs is 7. The van der Waals surface area contributed by atoms with Crippen molar-refractivity contribution in [1.82, 2.24) is 72.0 Å². The Morgan fingerprint density at radius 3 is 1.88 bits per heavy atom. The van der Waals surface area contributed by atoms with E-state index >= 15 is 19.2 Å². The molecule has 27 nitrogen and oxygen atoms in total. The molecule has 0 radical (unpaired) electrons. The van der Waals surface area contributed by atoms with Gasteiger partial charge in [0.1, 0.15) is 70.7 Å².